The summed E-state index contributed by atoms with van der Waals surface area (Å²) in [6.45, 7) is 4.12. The van der Waals surface area contributed by atoms with E-state index in [-0.39, 0.29) is 5.75 Å². The Kier molecular flexibility index (Phi) is 3.84. The van der Waals surface area contributed by atoms with Crippen LogP contribution in [0.5, 0.6) is 5.75 Å². The maximum atomic E-state index is 10.7. The van der Waals surface area contributed by atoms with Crippen molar-refractivity contribution in [2.24, 2.45) is 0 Å². The summed E-state index contributed by atoms with van der Waals surface area (Å²) in [5.74, 6) is 0.600. The standard InChI is InChI=1S/C27H19BNO2/c1-15-7-10-19-20-11-9-17(28-2)14-22(20)26-25(21(19)13-15)29-27(31-26)24-18-6-4-3-5-16(18)8-12-23(24)30/h3-14,30H,1-2H3. The number of rotatable bonds is 2. The maximum Gasteiger partial charge on any atom is 0.231 e. The topological polar surface area (TPSA) is 46.3 Å². The summed E-state index contributed by atoms with van der Waals surface area (Å²) in [5, 5.41) is 17.1. The Morgan fingerprint density at radius 3 is 2.48 bits per heavy atom. The van der Waals surface area contributed by atoms with Crippen molar-refractivity contribution in [1.82, 2.24) is 4.98 Å². The molecule has 1 heterocycles. The summed E-state index contributed by atoms with van der Waals surface area (Å²) >= 11 is 0. The number of phenolic OH excluding ortho intramolecular Hbond substituents is 1. The van der Waals surface area contributed by atoms with Gasteiger partial charge in [0.2, 0.25) is 5.89 Å². The van der Waals surface area contributed by atoms with Crippen molar-refractivity contribution in [3.05, 3.63) is 78.4 Å². The summed E-state index contributed by atoms with van der Waals surface area (Å²) in [7, 11) is 2.08. The van der Waals surface area contributed by atoms with Crippen LogP contribution in [-0.2, 0) is 0 Å². The largest absolute Gasteiger partial charge is 0.507 e. The number of aryl methyl sites for hydroxylation is 1. The molecule has 0 fully saturated rings. The number of aromatic hydroxyl groups is 1. The van der Waals surface area contributed by atoms with Gasteiger partial charge in [0.15, 0.2) is 5.58 Å². The van der Waals surface area contributed by atoms with Gasteiger partial charge < -0.3 is 9.52 Å². The molecule has 4 heteroatoms. The van der Waals surface area contributed by atoms with Crippen molar-refractivity contribution >= 4 is 56.2 Å². The lowest BCUT2D eigenvalue weighted by molar-refractivity contribution is 0.475. The molecule has 0 aliphatic heterocycles. The Morgan fingerprint density at radius 1 is 0.806 bits per heavy atom. The number of hydrogen-bond acceptors (Lipinski definition) is 3. The van der Waals surface area contributed by atoms with Crippen LogP contribution in [0.4, 0.5) is 0 Å². The van der Waals surface area contributed by atoms with Gasteiger partial charge in [0.05, 0.1) is 5.56 Å². The molecule has 0 atom stereocenters. The Labute approximate surface area is 180 Å². The highest BCUT2D eigenvalue weighted by molar-refractivity contribution is 6.52. The number of fused-ring (bicyclic) bond motifs is 7. The van der Waals surface area contributed by atoms with Crippen molar-refractivity contribution in [3.63, 3.8) is 0 Å². The van der Waals surface area contributed by atoms with Crippen molar-refractivity contribution < 1.29 is 9.52 Å². The average molecular weight is 400 g/mol. The number of phenols is 1. The van der Waals surface area contributed by atoms with Gasteiger partial charge >= 0.3 is 0 Å². The van der Waals surface area contributed by atoms with Gasteiger partial charge in [-0.25, -0.2) is 4.98 Å². The molecule has 0 saturated heterocycles. The smallest absolute Gasteiger partial charge is 0.231 e. The van der Waals surface area contributed by atoms with Gasteiger partial charge in [-0.1, -0.05) is 78.5 Å². The summed E-state index contributed by atoms with van der Waals surface area (Å²) in [6, 6.07) is 24.5. The highest BCUT2D eigenvalue weighted by Gasteiger charge is 2.20. The third kappa shape index (κ3) is 2.65. The lowest BCUT2D eigenvalue weighted by Gasteiger charge is -2.07. The summed E-state index contributed by atoms with van der Waals surface area (Å²) in [5.41, 5.74) is 4.50. The first-order valence-corrected chi connectivity index (χ1v) is 10.4. The SMILES string of the molecule is C[B]c1ccc2c3ccc(C)cc3c3nc(-c4c(O)ccc5ccccc45)oc3c2c1. The van der Waals surface area contributed by atoms with E-state index in [0.29, 0.717) is 11.5 Å². The zero-order chi connectivity index (χ0) is 21.1. The molecular formula is C27H19BNO2. The molecule has 0 spiro atoms. The van der Waals surface area contributed by atoms with Crippen LogP contribution in [-0.4, -0.2) is 17.4 Å². The van der Waals surface area contributed by atoms with E-state index < -0.39 is 0 Å². The molecule has 1 aromatic heterocycles. The van der Waals surface area contributed by atoms with E-state index in [0.717, 1.165) is 48.9 Å². The zero-order valence-electron chi connectivity index (χ0n) is 17.3. The van der Waals surface area contributed by atoms with E-state index in [1.54, 1.807) is 6.07 Å². The Balaban J connectivity index is 1.79. The highest BCUT2D eigenvalue weighted by Crippen LogP contribution is 2.41. The van der Waals surface area contributed by atoms with Gasteiger partial charge in [0.1, 0.15) is 18.5 Å². The molecular weight excluding hydrogens is 381 g/mol. The quantitative estimate of drug-likeness (QED) is 0.272. The molecule has 0 unspecified atom stereocenters. The van der Waals surface area contributed by atoms with Crippen molar-refractivity contribution in [1.29, 1.82) is 0 Å². The molecule has 31 heavy (non-hydrogen) atoms. The number of hydrogen-bond donors (Lipinski definition) is 1. The number of aromatic nitrogens is 1. The Hall–Kier alpha value is -3.79. The molecule has 0 bridgehead atoms. The monoisotopic (exact) mass is 400 g/mol. The van der Waals surface area contributed by atoms with E-state index in [4.69, 9.17) is 9.40 Å². The first-order chi connectivity index (χ1) is 15.1. The van der Waals surface area contributed by atoms with E-state index >= 15 is 0 Å². The van der Waals surface area contributed by atoms with Gasteiger partial charge in [-0.2, -0.15) is 0 Å². The fraction of sp³-hybridized carbons (Fsp3) is 0.0741. The van der Waals surface area contributed by atoms with Crippen LogP contribution in [0.1, 0.15) is 5.56 Å². The molecule has 3 nitrogen and oxygen atoms in total. The lowest BCUT2D eigenvalue weighted by Crippen LogP contribution is -2.09. The second-order valence-corrected chi connectivity index (χ2v) is 8.02. The molecule has 0 aliphatic rings. The second-order valence-electron chi connectivity index (χ2n) is 8.02. The summed E-state index contributed by atoms with van der Waals surface area (Å²) in [6.07, 6.45) is 0. The normalized spacial score (nSPS) is 11.7. The lowest BCUT2D eigenvalue weighted by atomic mass is 9.73. The van der Waals surface area contributed by atoms with Crippen LogP contribution >= 0.6 is 0 Å². The van der Waals surface area contributed by atoms with E-state index in [2.05, 4.69) is 50.6 Å². The summed E-state index contributed by atoms with van der Waals surface area (Å²) < 4.78 is 6.42. The molecule has 1 radical (unpaired) electrons. The molecule has 0 saturated carbocycles. The van der Waals surface area contributed by atoms with E-state index in [9.17, 15) is 5.11 Å². The van der Waals surface area contributed by atoms with Gasteiger partial charge in [0.25, 0.3) is 0 Å². The van der Waals surface area contributed by atoms with Gasteiger partial charge in [-0.3, -0.25) is 0 Å². The third-order valence-corrected chi connectivity index (χ3v) is 6.09. The average Bonchev–Trinajstić information content (AvgIpc) is 3.24. The molecule has 6 aromatic rings. The first-order valence-electron chi connectivity index (χ1n) is 10.4. The van der Waals surface area contributed by atoms with Crippen LogP contribution in [0.2, 0.25) is 6.82 Å². The van der Waals surface area contributed by atoms with Crippen molar-refractivity contribution in [2.45, 2.75) is 13.7 Å². The predicted octanol–water partition coefficient (Wildman–Crippen LogP) is 6.35. The van der Waals surface area contributed by atoms with Crippen LogP contribution in [0.15, 0.2) is 77.2 Å². The minimum Gasteiger partial charge on any atom is -0.507 e. The molecule has 0 aliphatic carbocycles. The van der Waals surface area contributed by atoms with E-state index in [1.807, 2.05) is 37.2 Å². The van der Waals surface area contributed by atoms with Crippen LogP contribution in [0.25, 0.3) is 54.9 Å². The number of benzene rings is 5. The minimum atomic E-state index is 0.164. The first kappa shape index (κ1) is 18.0. The van der Waals surface area contributed by atoms with Gasteiger partial charge in [-0.05, 0) is 40.6 Å². The van der Waals surface area contributed by atoms with Crippen molar-refractivity contribution in [2.75, 3.05) is 0 Å². The molecule has 1 N–H and O–H groups in total. The maximum absolute atomic E-state index is 10.7. The fourth-order valence-corrected chi connectivity index (χ4v) is 4.53. The third-order valence-electron chi connectivity index (χ3n) is 6.09. The molecule has 6 rings (SSSR count). The number of oxazole rings is 1. The fourth-order valence-electron chi connectivity index (χ4n) is 4.53. The molecule has 147 valence electrons. The Morgan fingerprint density at radius 2 is 1.61 bits per heavy atom. The van der Waals surface area contributed by atoms with Crippen LogP contribution in [0, 0.1) is 6.92 Å². The minimum absolute atomic E-state index is 0.164. The van der Waals surface area contributed by atoms with Crippen LogP contribution in [0.3, 0.4) is 0 Å². The predicted molar refractivity (Wildman–Crippen MR) is 130 cm³/mol. The van der Waals surface area contributed by atoms with Gasteiger partial charge in [0, 0.05) is 10.8 Å². The highest BCUT2D eigenvalue weighted by atomic mass is 16.3. The molecule has 5 aromatic carbocycles. The number of nitrogens with zero attached hydrogens (tertiary/aromatic N) is 1. The summed E-state index contributed by atoms with van der Waals surface area (Å²) in [4.78, 5) is 4.93. The van der Waals surface area contributed by atoms with Crippen LogP contribution < -0.4 is 5.46 Å². The molecule has 0 amide bonds. The Bertz CT molecular complexity index is 1650. The van der Waals surface area contributed by atoms with E-state index in [1.165, 1.54) is 5.56 Å². The van der Waals surface area contributed by atoms with Crippen molar-refractivity contribution in [3.8, 4) is 17.2 Å². The second kappa shape index (κ2) is 6.61. The zero-order valence-corrected chi connectivity index (χ0v) is 17.3. The van der Waals surface area contributed by atoms with Gasteiger partial charge in [-0.15, -0.1) is 0 Å².